The SMILES string of the molecule is CN(Cc1ccc(C#N)cc1)C(=O)[C@@H]1CSCN1C(=O)C1CCC1. The molecule has 126 valence electrons. The van der Waals surface area contributed by atoms with Gasteiger partial charge < -0.3 is 9.80 Å². The standard InChI is InChI=1S/C18H21N3O2S/c1-20(10-14-7-5-13(9-19)6-8-14)18(23)16-11-24-12-21(16)17(22)15-3-2-4-15/h5-8,15-16H,2-4,10-12H2,1H3/t16-/m0/s1. The van der Waals surface area contributed by atoms with Crippen LogP contribution in [-0.4, -0.2) is 46.3 Å². The maximum absolute atomic E-state index is 12.8. The monoisotopic (exact) mass is 343 g/mol. The van der Waals surface area contributed by atoms with Crippen molar-refractivity contribution in [3.63, 3.8) is 0 Å². The molecule has 0 aromatic heterocycles. The van der Waals surface area contributed by atoms with Gasteiger partial charge in [0.1, 0.15) is 6.04 Å². The minimum Gasteiger partial charge on any atom is -0.340 e. The number of carbonyl (C=O) groups excluding carboxylic acids is 2. The van der Waals surface area contributed by atoms with E-state index in [1.807, 2.05) is 12.1 Å². The Morgan fingerprint density at radius 3 is 2.62 bits per heavy atom. The van der Waals surface area contributed by atoms with Crippen LogP contribution >= 0.6 is 11.8 Å². The number of hydrogen-bond acceptors (Lipinski definition) is 4. The summed E-state index contributed by atoms with van der Waals surface area (Å²) in [5.41, 5.74) is 1.59. The van der Waals surface area contributed by atoms with Crippen molar-refractivity contribution in [1.29, 1.82) is 5.26 Å². The number of benzene rings is 1. The zero-order valence-corrected chi connectivity index (χ0v) is 14.6. The van der Waals surface area contributed by atoms with Gasteiger partial charge in [-0.15, -0.1) is 11.8 Å². The van der Waals surface area contributed by atoms with E-state index in [9.17, 15) is 9.59 Å². The molecular formula is C18H21N3O2S. The topological polar surface area (TPSA) is 64.4 Å². The first kappa shape index (κ1) is 16.8. The van der Waals surface area contributed by atoms with Crippen LogP contribution in [0, 0.1) is 17.2 Å². The molecule has 2 fully saturated rings. The lowest BCUT2D eigenvalue weighted by Gasteiger charge is -2.33. The van der Waals surface area contributed by atoms with Gasteiger partial charge in [0.15, 0.2) is 0 Å². The molecular weight excluding hydrogens is 322 g/mol. The Bertz CT molecular complexity index is 664. The van der Waals surface area contributed by atoms with Gasteiger partial charge in [0.2, 0.25) is 11.8 Å². The molecule has 2 amide bonds. The Morgan fingerprint density at radius 2 is 2.04 bits per heavy atom. The van der Waals surface area contributed by atoms with Crippen molar-refractivity contribution in [2.75, 3.05) is 18.7 Å². The lowest BCUT2D eigenvalue weighted by atomic mass is 9.84. The van der Waals surface area contributed by atoms with Crippen LogP contribution in [-0.2, 0) is 16.1 Å². The van der Waals surface area contributed by atoms with E-state index in [-0.39, 0.29) is 23.8 Å². The summed E-state index contributed by atoms with van der Waals surface area (Å²) >= 11 is 1.65. The molecule has 6 heteroatoms. The second kappa shape index (κ2) is 7.27. The number of thioether (sulfide) groups is 1. The summed E-state index contributed by atoms with van der Waals surface area (Å²) in [5.74, 6) is 1.57. The molecule has 5 nitrogen and oxygen atoms in total. The largest absolute Gasteiger partial charge is 0.340 e. The Balaban J connectivity index is 1.63. The number of likely N-dealkylation sites (N-methyl/N-ethyl adjacent to an activating group) is 1. The van der Waals surface area contributed by atoms with E-state index < -0.39 is 0 Å². The van der Waals surface area contributed by atoms with Crippen LogP contribution in [0.1, 0.15) is 30.4 Å². The fourth-order valence-corrected chi connectivity index (χ4v) is 4.20. The first-order chi connectivity index (χ1) is 11.6. The van der Waals surface area contributed by atoms with Crippen molar-refractivity contribution in [2.24, 2.45) is 5.92 Å². The van der Waals surface area contributed by atoms with Gasteiger partial charge in [-0.2, -0.15) is 5.26 Å². The summed E-state index contributed by atoms with van der Waals surface area (Å²) in [6.45, 7) is 0.483. The highest BCUT2D eigenvalue weighted by atomic mass is 32.2. The third-order valence-electron chi connectivity index (χ3n) is 4.78. The van der Waals surface area contributed by atoms with Crippen LogP contribution in [0.3, 0.4) is 0 Å². The molecule has 1 saturated heterocycles. The number of carbonyl (C=O) groups is 2. The van der Waals surface area contributed by atoms with Crippen LogP contribution in [0.25, 0.3) is 0 Å². The Labute approximate surface area is 146 Å². The molecule has 0 spiro atoms. The van der Waals surface area contributed by atoms with E-state index in [1.54, 1.807) is 40.7 Å². The molecule has 0 radical (unpaired) electrons. The van der Waals surface area contributed by atoms with E-state index in [0.717, 1.165) is 24.8 Å². The van der Waals surface area contributed by atoms with E-state index in [1.165, 1.54) is 0 Å². The molecule has 1 aliphatic heterocycles. The Kier molecular flexibility index (Phi) is 5.10. The molecule has 24 heavy (non-hydrogen) atoms. The lowest BCUT2D eigenvalue weighted by molar-refractivity contribution is -0.146. The van der Waals surface area contributed by atoms with Gasteiger partial charge in [-0.05, 0) is 30.5 Å². The average molecular weight is 343 g/mol. The lowest BCUT2D eigenvalue weighted by Crippen LogP contribution is -2.50. The van der Waals surface area contributed by atoms with Crippen LogP contribution in [0.5, 0.6) is 0 Å². The van der Waals surface area contributed by atoms with Gasteiger partial charge in [0, 0.05) is 25.3 Å². The average Bonchev–Trinajstić information content (AvgIpc) is 3.02. The minimum absolute atomic E-state index is 0.00275. The second-order valence-corrected chi connectivity index (χ2v) is 7.45. The van der Waals surface area contributed by atoms with Crippen LogP contribution in [0.15, 0.2) is 24.3 Å². The van der Waals surface area contributed by atoms with Gasteiger partial charge in [-0.1, -0.05) is 18.6 Å². The van der Waals surface area contributed by atoms with Gasteiger partial charge >= 0.3 is 0 Å². The van der Waals surface area contributed by atoms with Gasteiger partial charge in [0.25, 0.3) is 0 Å². The first-order valence-electron chi connectivity index (χ1n) is 8.22. The van der Waals surface area contributed by atoms with Crippen molar-refractivity contribution in [2.45, 2.75) is 31.8 Å². The predicted molar refractivity (Wildman–Crippen MR) is 92.9 cm³/mol. The molecule has 0 N–H and O–H groups in total. The summed E-state index contributed by atoms with van der Waals surface area (Å²) in [6.07, 6.45) is 3.04. The van der Waals surface area contributed by atoms with E-state index >= 15 is 0 Å². The van der Waals surface area contributed by atoms with E-state index in [0.29, 0.717) is 23.7 Å². The molecule has 1 heterocycles. The molecule has 3 rings (SSSR count). The fourth-order valence-electron chi connectivity index (χ4n) is 3.05. The number of nitriles is 1. The van der Waals surface area contributed by atoms with Crippen molar-refractivity contribution in [3.05, 3.63) is 35.4 Å². The molecule has 2 aliphatic rings. The molecule has 0 unspecified atom stereocenters. The Morgan fingerprint density at radius 1 is 1.33 bits per heavy atom. The normalized spacial score (nSPS) is 20.3. The molecule has 1 aromatic rings. The van der Waals surface area contributed by atoms with E-state index in [2.05, 4.69) is 6.07 Å². The summed E-state index contributed by atoms with van der Waals surface area (Å²) in [7, 11) is 1.77. The number of nitrogens with zero attached hydrogens (tertiary/aromatic N) is 3. The highest BCUT2D eigenvalue weighted by Gasteiger charge is 2.40. The zero-order chi connectivity index (χ0) is 17.1. The summed E-state index contributed by atoms with van der Waals surface area (Å²) in [4.78, 5) is 28.7. The molecule has 1 saturated carbocycles. The molecule has 1 aromatic carbocycles. The zero-order valence-electron chi connectivity index (χ0n) is 13.8. The number of amides is 2. The third-order valence-corrected chi connectivity index (χ3v) is 5.80. The molecule has 1 aliphatic carbocycles. The third kappa shape index (κ3) is 3.41. The Hall–Kier alpha value is -2.00. The minimum atomic E-state index is -0.341. The van der Waals surface area contributed by atoms with Gasteiger partial charge in [0.05, 0.1) is 17.5 Å². The maximum Gasteiger partial charge on any atom is 0.246 e. The summed E-state index contributed by atoms with van der Waals surface area (Å²) in [5, 5.41) is 8.84. The van der Waals surface area contributed by atoms with Crippen molar-refractivity contribution in [3.8, 4) is 6.07 Å². The number of rotatable bonds is 4. The van der Waals surface area contributed by atoms with Crippen molar-refractivity contribution >= 4 is 23.6 Å². The van der Waals surface area contributed by atoms with Crippen LogP contribution < -0.4 is 0 Å². The molecule has 1 atom stereocenters. The van der Waals surface area contributed by atoms with Crippen molar-refractivity contribution in [1.82, 2.24) is 9.80 Å². The highest BCUT2D eigenvalue weighted by molar-refractivity contribution is 7.99. The summed E-state index contributed by atoms with van der Waals surface area (Å²) < 4.78 is 0. The fraction of sp³-hybridized carbons (Fsp3) is 0.500. The van der Waals surface area contributed by atoms with Crippen LogP contribution in [0.2, 0.25) is 0 Å². The molecule has 0 bridgehead atoms. The second-order valence-electron chi connectivity index (χ2n) is 6.45. The van der Waals surface area contributed by atoms with Gasteiger partial charge in [-0.25, -0.2) is 0 Å². The van der Waals surface area contributed by atoms with Gasteiger partial charge in [-0.3, -0.25) is 9.59 Å². The quantitative estimate of drug-likeness (QED) is 0.841. The number of hydrogen-bond donors (Lipinski definition) is 0. The summed E-state index contributed by atoms with van der Waals surface area (Å²) in [6, 6.07) is 8.99. The highest BCUT2D eigenvalue weighted by Crippen LogP contribution is 2.32. The van der Waals surface area contributed by atoms with Crippen molar-refractivity contribution < 1.29 is 9.59 Å². The van der Waals surface area contributed by atoms with Crippen LogP contribution in [0.4, 0.5) is 0 Å². The maximum atomic E-state index is 12.8. The predicted octanol–water partition coefficient (Wildman–Crippen LogP) is 2.22. The smallest absolute Gasteiger partial charge is 0.246 e. The first-order valence-corrected chi connectivity index (χ1v) is 9.38. The van der Waals surface area contributed by atoms with E-state index in [4.69, 9.17) is 5.26 Å².